The number of hydrogen-bond acceptors (Lipinski definition) is 4. The van der Waals surface area contributed by atoms with Gasteiger partial charge in [-0.2, -0.15) is 4.31 Å². The fraction of sp³-hybridized carbons (Fsp3) is 0.611. The first-order chi connectivity index (χ1) is 11.6. The lowest BCUT2D eigenvalue weighted by molar-refractivity contribution is -0.133. The van der Waals surface area contributed by atoms with Crippen LogP contribution in [0, 0.1) is 0 Å². The Bertz CT molecular complexity index is 630. The second-order valence-electron chi connectivity index (χ2n) is 6.85. The van der Waals surface area contributed by atoms with Gasteiger partial charge in [-0.1, -0.05) is 30.3 Å². The molecular weight excluding hydrogens is 338 g/mol. The van der Waals surface area contributed by atoms with Crippen molar-refractivity contribution in [3.63, 3.8) is 0 Å². The molecule has 0 atom stereocenters. The summed E-state index contributed by atoms with van der Waals surface area (Å²) in [6.45, 7) is 5.37. The van der Waals surface area contributed by atoms with Gasteiger partial charge in [0.2, 0.25) is 15.9 Å². The molecule has 25 heavy (non-hydrogen) atoms. The van der Waals surface area contributed by atoms with Crippen LogP contribution in [0.2, 0.25) is 0 Å². The van der Waals surface area contributed by atoms with Gasteiger partial charge < -0.3 is 9.80 Å². The largest absolute Gasteiger partial charge is 0.335 e. The zero-order valence-electron chi connectivity index (χ0n) is 16.0. The van der Waals surface area contributed by atoms with E-state index in [-0.39, 0.29) is 18.5 Å². The lowest BCUT2D eigenvalue weighted by Crippen LogP contribution is -2.45. The lowest BCUT2D eigenvalue weighted by atomic mass is 10.2. The Balaban J connectivity index is 2.80. The highest BCUT2D eigenvalue weighted by molar-refractivity contribution is 7.88. The van der Waals surface area contributed by atoms with Crippen LogP contribution in [0.3, 0.4) is 0 Å². The minimum Gasteiger partial charge on any atom is -0.335 e. The van der Waals surface area contributed by atoms with E-state index < -0.39 is 10.0 Å². The smallest absolute Gasteiger partial charge is 0.238 e. The summed E-state index contributed by atoms with van der Waals surface area (Å²) in [6.07, 6.45) is 1.85. The minimum atomic E-state index is -3.42. The summed E-state index contributed by atoms with van der Waals surface area (Å²) in [6, 6.07) is 9.73. The van der Waals surface area contributed by atoms with Crippen LogP contribution in [-0.4, -0.2) is 74.5 Å². The summed E-state index contributed by atoms with van der Waals surface area (Å²) in [5, 5.41) is 0. The molecule has 6 nitrogen and oxygen atoms in total. The van der Waals surface area contributed by atoms with Gasteiger partial charge in [-0.05, 0) is 46.5 Å². The van der Waals surface area contributed by atoms with Crippen LogP contribution in [0.1, 0.15) is 25.8 Å². The highest BCUT2D eigenvalue weighted by atomic mass is 32.2. The molecular formula is C18H31N3O3S. The van der Waals surface area contributed by atoms with E-state index in [1.807, 2.05) is 63.2 Å². The normalized spacial score (nSPS) is 12.2. The second kappa shape index (κ2) is 9.89. The highest BCUT2D eigenvalue weighted by Crippen LogP contribution is 2.11. The van der Waals surface area contributed by atoms with Crippen LogP contribution in [0.4, 0.5) is 0 Å². The van der Waals surface area contributed by atoms with Crippen molar-refractivity contribution in [2.24, 2.45) is 0 Å². The van der Waals surface area contributed by atoms with Crippen molar-refractivity contribution >= 4 is 15.9 Å². The van der Waals surface area contributed by atoms with Gasteiger partial charge in [0.1, 0.15) is 0 Å². The van der Waals surface area contributed by atoms with Crippen LogP contribution >= 0.6 is 0 Å². The first-order valence-corrected chi connectivity index (χ1v) is 10.4. The zero-order chi connectivity index (χ0) is 19.0. The van der Waals surface area contributed by atoms with Gasteiger partial charge in [0.15, 0.2) is 0 Å². The fourth-order valence-electron chi connectivity index (χ4n) is 2.51. The minimum absolute atomic E-state index is 0.00380. The summed E-state index contributed by atoms with van der Waals surface area (Å²) in [5.74, 6) is -0.172. The number of hydrogen-bond donors (Lipinski definition) is 0. The third-order valence-electron chi connectivity index (χ3n) is 3.93. The van der Waals surface area contributed by atoms with E-state index in [4.69, 9.17) is 0 Å². The molecule has 0 unspecified atom stereocenters. The Hall–Kier alpha value is -1.44. The summed E-state index contributed by atoms with van der Waals surface area (Å²) in [4.78, 5) is 16.5. The van der Waals surface area contributed by atoms with Crippen LogP contribution in [0.5, 0.6) is 0 Å². The molecule has 7 heteroatoms. The molecule has 1 aromatic carbocycles. The topological polar surface area (TPSA) is 60.9 Å². The molecule has 0 saturated heterocycles. The van der Waals surface area contributed by atoms with E-state index in [9.17, 15) is 13.2 Å². The van der Waals surface area contributed by atoms with E-state index in [0.717, 1.165) is 18.4 Å². The Morgan fingerprint density at radius 3 is 2.16 bits per heavy atom. The molecule has 142 valence electrons. The molecule has 0 saturated carbocycles. The Morgan fingerprint density at radius 2 is 1.68 bits per heavy atom. The molecule has 0 aliphatic carbocycles. The molecule has 1 rings (SSSR count). The van der Waals surface area contributed by atoms with Crippen molar-refractivity contribution < 1.29 is 13.2 Å². The maximum Gasteiger partial charge on any atom is 0.238 e. The molecule has 0 radical (unpaired) electrons. The van der Waals surface area contributed by atoms with E-state index in [0.29, 0.717) is 19.5 Å². The number of amides is 1. The standard InChI is InChI=1S/C18H31N3O3S/c1-16(2)21(14-17-10-7-6-8-11-17)18(22)15-20(25(5,23)24)13-9-12-19(3)4/h6-8,10-11,16H,9,12-15H2,1-5H3. The van der Waals surface area contributed by atoms with Gasteiger partial charge >= 0.3 is 0 Å². The third-order valence-corrected chi connectivity index (χ3v) is 5.18. The summed E-state index contributed by atoms with van der Waals surface area (Å²) in [5.41, 5.74) is 1.03. The quantitative estimate of drug-likeness (QED) is 0.629. The van der Waals surface area contributed by atoms with Crippen LogP contribution in [0.15, 0.2) is 30.3 Å². The van der Waals surface area contributed by atoms with Crippen LogP contribution < -0.4 is 0 Å². The number of nitrogens with zero attached hydrogens (tertiary/aromatic N) is 3. The Kier molecular flexibility index (Phi) is 8.55. The predicted molar refractivity (Wildman–Crippen MR) is 102 cm³/mol. The molecule has 0 aromatic heterocycles. The molecule has 1 aromatic rings. The lowest BCUT2D eigenvalue weighted by Gasteiger charge is -2.29. The van der Waals surface area contributed by atoms with Gasteiger partial charge in [0, 0.05) is 19.1 Å². The van der Waals surface area contributed by atoms with E-state index in [1.165, 1.54) is 4.31 Å². The SMILES string of the molecule is CC(C)N(Cc1ccccc1)C(=O)CN(CCCN(C)C)S(C)(=O)=O. The van der Waals surface area contributed by atoms with Crippen LogP contribution in [0.25, 0.3) is 0 Å². The summed E-state index contributed by atoms with van der Waals surface area (Å²) < 4.78 is 25.3. The Labute approximate surface area is 152 Å². The van der Waals surface area contributed by atoms with E-state index >= 15 is 0 Å². The molecule has 1 amide bonds. The molecule has 0 fully saturated rings. The molecule has 0 bridgehead atoms. The van der Waals surface area contributed by atoms with Crippen LogP contribution in [-0.2, 0) is 21.4 Å². The van der Waals surface area contributed by atoms with Crippen molar-refractivity contribution in [3.8, 4) is 0 Å². The van der Waals surface area contributed by atoms with Gasteiger partial charge in [0.05, 0.1) is 12.8 Å². The molecule has 0 aliphatic rings. The Morgan fingerprint density at radius 1 is 1.08 bits per heavy atom. The predicted octanol–water partition coefficient (Wildman–Crippen LogP) is 1.64. The molecule has 0 spiro atoms. The zero-order valence-corrected chi connectivity index (χ0v) is 16.8. The first kappa shape index (κ1) is 21.6. The van der Waals surface area contributed by atoms with Gasteiger partial charge in [0.25, 0.3) is 0 Å². The number of benzene rings is 1. The van der Waals surface area contributed by atoms with Crippen molar-refractivity contribution in [2.45, 2.75) is 32.9 Å². The maximum absolute atomic E-state index is 12.8. The number of carbonyl (C=O) groups excluding carboxylic acids is 1. The van der Waals surface area contributed by atoms with Crippen molar-refractivity contribution in [1.82, 2.24) is 14.1 Å². The first-order valence-electron chi connectivity index (χ1n) is 8.54. The molecule has 0 aliphatic heterocycles. The van der Waals surface area contributed by atoms with Gasteiger partial charge in [-0.25, -0.2) is 8.42 Å². The molecule has 0 heterocycles. The fourth-order valence-corrected chi connectivity index (χ4v) is 3.31. The van der Waals surface area contributed by atoms with Crippen molar-refractivity contribution in [3.05, 3.63) is 35.9 Å². The van der Waals surface area contributed by atoms with E-state index in [1.54, 1.807) is 4.90 Å². The number of rotatable bonds is 10. The highest BCUT2D eigenvalue weighted by Gasteiger charge is 2.24. The summed E-state index contributed by atoms with van der Waals surface area (Å²) in [7, 11) is 0.459. The summed E-state index contributed by atoms with van der Waals surface area (Å²) >= 11 is 0. The average Bonchev–Trinajstić information content (AvgIpc) is 2.51. The maximum atomic E-state index is 12.8. The number of sulfonamides is 1. The van der Waals surface area contributed by atoms with Gasteiger partial charge in [-0.3, -0.25) is 4.79 Å². The van der Waals surface area contributed by atoms with Gasteiger partial charge in [-0.15, -0.1) is 0 Å². The third kappa shape index (κ3) is 7.98. The van der Waals surface area contributed by atoms with Crippen molar-refractivity contribution in [1.29, 1.82) is 0 Å². The average molecular weight is 370 g/mol. The second-order valence-corrected chi connectivity index (χ2v) is 8.84. The van der Waals surface area contributed by atoms with Crippen molar-refractivity contribution in [2.75, 3.05) is 40.0 Å². The number of carbonyl (C=O) groups is 1. The molecule has 0 N–H and O–H groups in total. The van der Waals surface area contributed by atoms with E-state index in [2.05, 4.69) is 0 Å². The monoisotopic (exact) mass is 369 g/mol.